The van der Waals surface area contributed by atoms with Crippen molar-refractivity contribution in [2.45, 2.75) is 6.92 Å². The molecule has 0 aliphatic carbocycles. The fourth-order valence-electron chi connectivity index (χ4n) is 1.95. The zero-order chi connectivity index (χ0) is 14.3. The van der Waals surface area contributed by atoms with Crippen LogP contribution in [0.1, 0.15) is 5.01 Å². The molecule has 0 atom stereocenters. The van der Waals surface area contributed by atoms with Gasteiger partial charge in [-0.05, 0) is 37.3 Å². The summed E-state index contributed by atoms with van der Waals surface area (Å²) in [5.74, 6) is 0. The SMILES string of the molecule is Cc1nc2cc(Nc3ccc(Cl)cc3Cl)c(N)cc2s1. The lowest BCUT2D eigenvalue weighted by atomic mass is 10.2. The molecule has 3 N–H and O–H groups in total. The molecule has 0 aliphatic rings. The third kappa shape index (κ3) is 2.54. The lowest BCUT2D eigenvalue weighted by Crippen LogP contribution is -1.96. The van der Waals surface area contributed by atoms with Gasteiger partial charge in [-0.3, -0.25) is 0 Å². The number of halogens is 2. The highest BCUT2D eigenvalue weighted by Gasteiger charge is 2.08. The molecule has 20 heavy (non-hydrogen) atoms. The van der Waals surface area contributed by atoms with E-state index < -0.39 is 0 Å². The summed E-state index contributed by atoms with van der Waals surface area (Å²) in [6.45, 7) is 1.98. The molecule has 2 aromatic carbocycles. The molecule has 102 valence electrons. The highest BCUT2D eigenvalue weighted by Crippen LogP contribution is 2.34. The largest absolute Gasteiger partial charge is 0.397 e. The number of thiazole rings is 1. The lowest BCUT2D eigenvalue weighted by Gasteiger charge is -2.11. The van der Waals surface area contributed by atoms with Crippen LogP contribution in [0.15, 0.2) is 30.3 Å². The van der Waals surface area contributed by atoms with Crippen molar-refractivity contribution in [2.24, 2.45) is 0 Å². The van der Waals surface area contributed by atoms with Gasteiger partial charge in [-0.25, -0.2) is 4.98 Å². The predicted molar refractivity (Wildman–Crippen MR) is 88.5 cm³/mol. The van der Waals surface area contributed by atoms with E-state index in [2.05, 4.69) is 10.3 Å². The number of nitrogen functional groups attached to an aromatic ring is 1. The second-order valence-corrected chi connectivity index (χ2v) is 6.47. The topological polar surface area (TPSA) is 50.9 Å². The highest BCUT2D eigenvalue weighted by molar-refractivity contribution is 7.18. The summed E-state index contributed by atoms with van der Waals surface area (Å²) in [6.07, 6.45) is 0. The minimum absolute atomic E-state index is 0.548. The summed E-state index contributed by atoms with van der Waals surface area (Å²) in [6, 6.07) is 9.14. The zero-order valence-corrected chi connectivity index (χ0v) is 12.9. The Kier molecular flexibility index (Phi) is 3.46. The normalized spacial score (nSPS) is 10.9. The van der Waals surface area contributed by atoms with Crippen LogP contribution in [0.5, 0.6) is 0 Å². The van der Waals surface area contributed by atoms with E-state index in [9.17, 15) is 0 Å². The molecule has 0 saturated carbocycles. The first-order valence-electron chi connectivity index (χ1n) is 5.91. The molecule has 1 aromatic heterocycles. The molecular formula is C14H11Cl2N3S. The van der Waals surface area contributed by atoms with Crippen LogP contribution in [0.4, 0.5) is 17.1 Å². The molecule has 0 bridgehead atoms. The molecule has 0 spiro atoms. The molecule has 0 fully saturated rings. The molecule has 3 rings (SSSR count). The third-order valence-electron chi connectivity index (χ3n) is 2.87. The monoisotopic (exact) mass is 323 g/mol. The van der Waals surface area contributed by atoms with Crippen LogP contribution in [-0.2, 0) is 0 Å². The number of aromatic nitrogens is 1. The van der Waals surface area contributed by atoms with E-state index in [1.54, 1.807) is 23.5 Å². The second kappa shape index (κ2) is 5.13. The van der Waals surface area contributed by atoms with E-state index in [4.69, 9.17) is 28.9 Å². The van der Waals surface area contributed by atoms with Crippen LogP contribution >= 0.6 is 34.5 Å². The first-order valence-corrected chi connectivity index (χ1v) is 7.49. The Bertz CT molecular complexity index is 798. The van der Waals surface area contributed by atoms with Crippen LogP contribution in [0.2, 0.25) is 10.0 Å². The summed E-state index contributed by atoms with van der Waals surface area (Å²) in [5.41, 5.74) is 9.20. The minimum atomic E-state index is 0.548. The maximum Gasteiger partial charge on any atom is 0.0907 e. The van der Waals surface area contributed by atoms with E-state index in [0.717, 1.165) is 26.6 Å². The van der Waals surface area contributed by atoms with Crippen molar-refractivity contribution < 1.29 is 0 Å². The molecule has 3 aromatic rings. The second-order valence-electron chi connectivity index (χ2n) is 4.39. The van der Waals surface area contributed by atoms with E-state index in [1.807, 2.05) is 25.1 Å². The number of nitrogens with one attached hydrogen (secondary N) is 1. The van der Waals surface area contributed by atoms with Gasteiger partial charge >= 0.3 is 0 Å². The molecule has 0 amide bonds. The first-order chi connectivity index (χ1) is 9.52. The number of hydrogen-bond acceptors (Lipinski definition) is 4. The number of hydrogen-bond donors (Lipinski definition) is 2. The highest BCUT2D eigenvalue weighted by atomic mass is 35.5. The number of rotatable bonds is 2. The number of nitrogens with zero attached hydrogens (tertiary/aromatic N) is 1. The summed E-state index contributed by atoms with van der Waals surface area (Å²) < 4.78 is 1.08. The van der Waals surface area contributed by atoms with Crippen LogP contribution in [0.25, 0.3) is 10.2 Å². The number of aryl methyl sites for hydroxylation is 1. The Balaban J connectivity index is 2.03. The van der Waals surface area contributed by atoms with Gasteiger partial charge in [0.25, 0.3) is 0 Å². The van der Waals surface area contributed by atoms with Gasteiger partial charge in [0.2, 0.25) is 0 Å². The van der Waals surface area contributed by atoms with Crippen molar-refractivity contribution in [1.29, 1.82) is 0 Å². The van der Waals surface area contributed by atoms with Gasteiger partial charge in [-0.15, -0.1) is 11.3 Å². The summed E-state index contributed by atoms with van der Waals surface area (Å²) in [7, 11) is 0. The Morgan fingerprint density at radius 1 is 1.15 bits per heavy atom. The number of fused-ring (bicyclic) bond motifs is 1. The molecular weight excluding hydrogens is 313 g/mol. The number of benzene rings is 2. The Morgan fingerprint density at radius 3 is 2.70 bits per heavy atom. The van der Waals surface area contributed by atoms with Gasteiger partial charge in [-0.2, -0.15) is 0 Å². The van der Waals surface area contributed by atoms with Crippen molar-refractivity contribution in [3.63, 3.8) is 0 Å². The van der Waals surface area contributed by atoms with E-state index >= 15 is 0 Å². The standard InChI is InChI=1S/C14H11Cl2N3S/c1-7-18-13-6-12(10(17)5-14(13)20-7)19-11-3-2-8(15)4-9(11)16/h2-6,19H,17H2,1H3. The fourth-order valence-corrected chi connectivity index (χ4v) is 3.26. The summed E-state index contributed by atoms with van der Waals surface area (Å²) in [4.78, 5) is 4.46. The van der Waals surface area contributed by atoms with Crippen molar-refractivity contribution in [3.8, 4) is 0 Å². The van der Waals surface area contributed by atoms with Crippen LogP contribution in [0, 0.1) is 6.92 Å². The quantitative estimate of drug-likeness (QED) is 0.634. The van der Waals surface area contributed by atoms with Gasteiger partial charge in [0.15, 0.2) is 0 Å². The number of nitrogens with two attached hydrogens (primary N) is 1. The van der Waals surface area contributed by atoms with Crippen LogP contribution in [-0.4, -0.2) is 4.98 Å². The number of anilines is 3. The molecule has 0 saturated heterocycles. The molecule has 0 radical (unpaired) electrons. The maximum absolute atomic E-state index is 6.15. The van der Waals surface area contributed by atoms with Gasteiger partial charge in [-0.1, -0.05) is 23.2 Å². The fraction of sp³-hybridized carbons (Fsp3) is 0.0714. The van der Waals surface area contributed by atoms with Gasteiger partial charge in [0.1, 0.15) is 0 Å². The summed E-state index contributed by atoms with van der Waals surface area (Å²) >= 11 is 13.7. The first kappa shape index (κ1) is 13.5. The molecule has 0 aliphatic heterocycles. The minimum Gasteiger partial charge on any atom is -0.397 e. The van der Waals surface area contributed by atoms with Gasteiger partial charge in [0.05, 0.1) is 37.3 Å². The van der Waals surface area contributed by atoms with E-state index in [1.165, 1.54) is 0 Å². The average Bonchev–Trinajstić information content (AvgIpc) is 2.72. The predicted octanol–water partition coefficient (Wildman–Crippen LogP) is 5.24. The van der Waals surface area contributed by atoms with Crippen LogP contribution in [0.3, 0.4) is 0 Å². The smallest absolute Gasteiger partial charge is 0.0907 e. The molecule has 3 nitrogen and oxygen atoms in total. The Labute approximate surface area is 130 Å². The summed E-state index contributed by atoms with van der Waals surface area (Å²) in [5, 5.41) is 5.38. The molecule has 0 unspecified atom stereocenters. The Morgan fingerprint density at radius 2 is 1.95 bits per heavy atom. The Hall–Kier alpha value is -1.49. The van der Waals surface area contributed by atoms with Gasteiger partial charge < -0.3 is 11.1 Å². The maximum atomic E-state index is 6.15. The van der Waals surface area contributed by atoms with Crippen molar-refractivity contribution >= 4 is 61.8 Å². The van der Waals surface area contributed by atoms with Crippen molar-refractivity contribution in [2.75, 3.05) is 11.1 Å². The van der Waals surface area contributed by atoms with Crippen LogP contribution < -0.4 is 11.1 Å². The molecule has 1 heterocycles. The van der Waals surface area contributed by atoms with E-state index in [-0.39, 0.29) is 0 Å². The van der Waals surface area contributed by atoms with E-state index in [0.29, 0.717) is 15.7 Å². The third-order valence-corrected chi connectivity index (χ3v) is 4.35. The molecule has 6 heteroatoms. The average molecular weight is 324 g/mol. The van der Waals surface area contributed by atoms with Crippen molar-refractivity contribution in [3.05, 3.63) is 45.4 Å². The van der Waals surface area contributed by atoms with Crippen molar-refractivity contribution in [1.82, 2.24) is 4.98 Å². The zero-order valence-electron chi connectivity index (χ0n) is 10.6. The lowest BCUT2D eigenvalue weighted by molar-refractivity contribution is 1.35. The van der Waals surface area contributed by atoms with Gasteiger partial charge in [0, 0.05) is 5.02 Å².